The Labute approximate surface area is 103 Å². The standard InChI is InChI=1S/C13H12N2O3/c1-18-10-4-2-3-8-7(10)5-6-9-11(8)14-15-12(9)13(16)17/h2-4H,5-6H2,1H3,(H,14,15)(H,16,17). The number of fused-ring (bicyclic) bond motifs is 3. The minimum atomic E-state index is -0.963. The fourth-order valence-corrected chi connectivity index (χ4v) is 2.49. The highest BCUT2D eigenvalue weighted by atomic mass is 16.5. The van der Waals surface area contributed by atoms with Crippen LogP contribution in [0.25, 0.3) is 11.3 Å². The lowest BCUT2D eigenvalue weighted by Gasteiger charge is -2.18. The van der Waals surface area contributed by atoms with Gasteiger partial charge in [-0.15, -0.1) is 0 Å². The Morgan fingerprint density at radius 3 is 2.89 bits per heavy atom. The molecule has 0 unspecified atom stereocenters. The van der Waals surface area contributed by atoms with Crippen LogP contribution in [0.1, 0.15) is 21.6 Å². The zero-order valence-corrected chi connectivity index (χ0v) is 9.86. The molecule has 1 aliphatic rings. The molecule has 18 heavy (non-hydrogen) atoms. The molecule has 5 nitrogen and oxygen atoms in total. The summed E-state index contributed by atoms with van der Waals surface area (Å²) in [6.45, 7) is 0. The number of aromatic nitrogens is 2. The smallest absolute Gasteiger partial charge is 0.354 e. The number of carbonyl (C=O) groups is 1. The third-order valence-corrected chi connectivity index (χ3v) is 3.31. The lowest BCUT2D eigenvalue weighted by Crippen LogP contribution is -2.08. The number of benzene rings is 1. The summed E-state index contributed by atoms with van der Waals surface area (Å²) in [5.41, 5.74) is 3.75. The van der Waals surface area contributed by atoms with Gasteiger partial charge in [-0.25, -0.2) is 4.79 Å². The van der Waals surface area contributed by atoms with Crippen molar-refractivity contribution < 1.29 is 14.6 Å². The molecule has 1 heterocycles. The molecule has 3 rings (SSSR count). The first-order valence-corrected chi connectivity index (χ1v) is 5.69. The Kier molecular flexibility index (Phi) is 2.33. The molecule has 2 N–H and O–H groups in total. The van der Waals surface area contributed by atoms with E-state index in [0.29, 0.717) is 6.42 Å². The van der Waals surface area contributed by atoms with Gasteiger partial charge < -0.3 is 9.84 Å². The molecule has 0 saturated carbocycles. The van der Waals surface area contributed by atoms with Crippen molar-refractivity contribution in [3.05, 3.63) is 35.0 Å². The van der Waals surface area contributed by atoms with E-state index in [0.717, 1.165) is 34.6 Å². The monoisotopic (exact) mass is 244 g/mol. The predicted octanol–water partition coefficient (Wildman–Crippen LogP) is 1.88. The lowest BCUT2D eigenvalue weighted by atomic mass is 9.88. The maximum Gasteiger partial charge on any atom is 0.354 e. The van der Waals surface area contributed by atoms with Gasteiger partial charge in [-0.05, 0) is 18.9 Å². The van der Waals surface area contributed by atoms with Gasteiger partial charge in [0.1, 0.15) is 11.4 Å². The van der Waals surface area contributed by atoms with Crippen LogP contribution in [0.15, 0.2) is 18.2 Å². The molecule has 0 saturated heterocycles. The SMILES string of the molecule is COc1cccc2c1CCc1c-2n[nH]c1C(=O)O. The zero-order valence-electron chi connectivity index (χ0n) is 9.86. The van der Waals surface area contributed by atoms with Gasteiger partial charge in [0.25, 0.3) is 0 Å². The second-order valence-electron chi connectivity index (χ2n) is 4.22. The summed E-state index contributed by atoms with van der Waals surface area (Å²) >= 11 is 0. The van der Waals surface area contributed by atoms with E-state index >= 15 is 0 Å². The van der Waals surface area contributed by atoms with E-state index in [1.807, 2.05) is 18.2 Å². The number of nitrogens with one attached hydrogen (secondary N) is 1. The van der Waals surface area contributed by atoms with Crippen molar-refractivity contribution in [1.82, 2.24) is 10.2 Å². The quantitative estimate of drug-likeness (QED) is 0.845. The number of hydrogen-bond acceptors (Lipinski definition) is 3. The number of hydrogen-bond donors (Lipinski definition) is 2. The van der Waals surface area contributed by atoms with Crippen LogP contribution in [0.4, 0.5) is 0 Å². The topological polar surface area (TPSA) is 75.2 Å². The zero-order chi connectivity index (χ0) is 12.7. The molecule has 0 atom stereocenters. The van der Waals surface area contributed by atoms with Gasteiger partial charge in [0.15, 0.2) is 0 Å². The molecule has 92 valence electrons. The summed E-state index contributed by atoms with van der Waals surface area (Å²) in [4.78, 5) is 11.1. The van der Waals surface area contributed by atoms with E-state index in [9.17, 15) is 4.79 Å². The Bertz CT molecular complexity index is 631. The Balaban J connectivity index is 2.21. The van der Waals surface area contributed by atoms with Gasteiger partial charge in [0.2, 0.25) is 0 Å². The van der Waals surface area contributed by atoms with Crippen molar-refractivity contribution >= 4 is 5.97 Å². The van der Waals surface area contributed by atoms with Crippen molar-refractivity contribution in [2.75, 3.05) is 7.11 Å². The molecular weight excluding hydrogens is 232 g/mol. The molecule has 0 bridgehead atoms. The van der Waals surface area contributed by atoms with Gasteiger partial charge in [-0.3, -0.25) is 5.10 Å². The molecule has 0 amide bonds. The number of methoxy groups -OCH3 is 1. The maximum absolute atomic E-state index is 11.1. The Morgan fingerprint density at radius 2 is 2.17 bits per heavy atom. The van der Waals surface area contributed by atoms with Crippen molar-refractivity contribution in [3.8, 4) is 17.0 Å². The second kappa shape index (κ2) is 3.87. The van der Waals surface area contributed by atoms with Crippen LogP contribution in [0.2, 0.25) is 0 Å². The number of H-pyrrole nitrogens is 1. The van der Waals surface area contributed by atoms with Crippen LogP contribution in [0, 0.1) is 0 Å². The summed E-state index contributed by atoms with van der Waals surface area (Å²) in [5.74, 6) is -0.131. The van der Waals surface area contributed by atoms with Crippen LogP contribution in [-0.2, 0) is 12.8 Å². The third-order valence-electron chi connectivity index (χ3n) is 3.31. The van der Waals surface area contributed by atoms with Gasteiger partial charge in [0.05, 0.1) is 12.8 Å². The molecule has 1 aliphatic carbocycles. The molecular formula is C13H12N2O3. The molecule has 5 heteroatoms. The number of carboxylic acid groups (broad SMARTS) is 1. The number of rotatable bonds is 2. The normalized spacial score (nSPS) is 12.7. The first-order chi connectivity index (χ1) is 8.72. The fourth-order valence-electron chi connectivity index (χ4n) is 2.49. The van der Waals surface area contributed by atoms with E-state index in [2.05, 4.69) is 10.2 Å². The van der Waals surface area contributed by atoms with E-state index in [-0.39, 0.29) is 5.69 Å². The summed E-state index contributed by atoms with van der Waals surface area (Å²) in [6.07, 6.45) is 1.44. The lowest BCUT2D eigenvalue weighted by molar-refractivity contribution is 0.0689. The van der Waals surface area contributed by atoms with E-state index in [4.69, 9.17) is 9.84 Å². The maximum atomic E-state index is 11.1. The summed E-state index contributed by atoms with van der Waals surface area (Å²) in [7, 11) is 1.64. The van der Waals surface area contributed by atoms with E-state index in [1.54, 1.807) is 7.11 Å². The van der Waals surface area contributed by atoms with Crippen molar-refractivity contribution in [1.29, 1.82) is 0 Å². The first kappa shape index (κ1) is 10.8. The molecule has 1 aromatic heterocycles. The highest BCUT2D eigenvalue weighted by molar-refractivity contribution is 5.90. The van der Waals surface area contributed by atoms with Gasteiger partial charge >= 0.3 is 5.97 Å². The van der Waals surface area contributed by atoms with Crippen LogP contribution < -0.4 is 4.74 Å². The van der Waals surface area contributed by atoms with Gasteiger partial charge in [-0.2, -0.15) is 5.10 Å². The van der Waals surface area contributed by atoms with Crippen LogP contribution in [0.5, 0.6) is 5.75 Å². The number of carboxylic acids is 1. The first-order valence-electron chi connectivity index (χ1n) is 5.69. The minimum Gasteiger partial charge on any atom is -0.496 e. The van der Waals surface area contributed by atoms with Crippen LogP contribution in [-0.4, -0.2) is 28.4 Å². The van der Waals surface area contributed by atoms with Crippen molar-refractivity contribution in [2.45, 2.75) is 12.8 Å². The molecule has 0 aliphatic heterocycles. The average molecular weight is 244 g/mol. The largest absolute Gasteiger partial charge is 0.496 e. The average Bonchev–Trinajstić information content (AvgIpc) is 2.82. The number of aromatic carboxylic acids is 1. The second-order valence-corrected chi connectivity index (χ2v) is 4.22. The van der Waals surface area contributed by atoms with Crippen molar-refractivity contribution in [2.24, 2.45) is 0 Å². The third kappa shape index (κ3) is 1.40. The molecule has 2 aromatic rings. The molecule has 0 fully saturated rings. The van der Waals surface area contributed by atoms with E-state index < -0.39 is 5.97 Å². The van der Waals surface area contributed by atoms with Gasteiger partial charge in [-0.1, -0.05) is 12.1 Å². The molecule has 0 radical (unpaired) electrons. The summed E-state index contributed by atoms with van der Waals surface area (Å²) in [6, 6.07) is 5.75. The fraction of sp³-hybridized carbons (Fsp3) is 0.231. The summed E-state index contributed by atoms with van der Waals surface area (Å²) in [5, 5.41) is 15.8. The molecule has 0 spiro atoms. The minimum absolute atomic E-state index is 0.193. The van der Waals surface area contributed by atoms with Crippen LogP contribution >= 0.6 is 0 Å². The predicted molar refractivity (Wildman–Crippen MR) is 64.9 cm³/mol. The van der Waals surface area contributed by atoms with Gasteiger partial charge in [0, 0.05) is 16.7 Å². The Hall–Kier alpha value is -2.30. The number of ether oxygens (including phenoxy) is 1. The molecule has 1 aromatic carbocycles. The number of aromatic amines is 1. The summed E-state index contributed by atoms with van der Waals surface area (Å²) < 4.78 is 5.33. The number of nitrogens with zero attached hydrogens (tertiary/aromatic N) is 1. The highest BCUT2D eigenvalue weighted by Crippen LogP contribution is 2.37. The highest BCUT2D eigenvalue weighted by Gasteiger charge is 2.26. The van der Waals surface area contributed by atoms with Crippen LogP contribution in [0.3, 0.4) is 0 Å². The van der Waals surface area contributed by atoms with Crippen molar-refractivity contribution in [3.63, 3.8) is 0 Å². The Morgan fingerprint density at radius 1 is 1.39 bits per heavy atom. The van der Waals surface area contributed by atoms with E-state index in [1.165, 1.54) is 0 Å².